The molecule has 1 heterocycles. The second-order valence-corrected chi connectivity index (χ2v) is 6.74. The first kappa shape index (κ1) is 16.9. The molecule has 0 aromatic heterocycles. The van der Waals surface area contributed by atoms with Crippen molar-refractivity contribution in [3.63, 3.8) is 0 Å². The third-order valence-corrected chi connectivity index (χ3v) is 4.66. The molecular formula is C16H21BN2O2S. The summed E-state index contributed by atoms with van der Waals surface area (Å²) in [5.74, 6) is 0.479. The van der Waals surface area contributed by atoms with Crippen molar-refractivity contribution >= 4 is 31.5 Å². The fraction of sp³-hybridized carbons (Fsp3) is 0.438. The van der Waals surface area contributed by atoms with Crippen LogP contribution < -0.4 is 5.73 Å². The van der Waals surface area contributed by atoms with Gasteiger partial charge in [0.2, 0.25) is 0 Å². The summed E-state index contributed by atoms with van der Waals surface area (Å²) in [5, 5.41) is 9.02. The Kier molecular flexibility index (Phi) is 4.62. The Bertz CT molecular complexity index is 634. The lowest BCUT2D eigenvalue weighted by Crippen LogP contribution is -2.41. The molecule has 0 amide bonds. The first-order chi connectivity index (χ1) is 10.2. The van der Waals surface area contributed by atoms with Gasteiger partial charge >= 0.3 is 7.12 Å². The van der Waals surface area contributed by atoms with Crippen LogP contribution in [0.2, 0.25) is 0 Å². The lowest BCUT2D eigenvalue weighted by molar-refractivity contribution is 0.00578. The molecule has 2 N–H and O–H groups in total. The highest BCUT2D eigenvalue weighted by Gasteiger charge is 2.52. The number of rotatable bonds is 3. The number of nitrogens with two attached hydrogens (primary N) is 1. The van der Waals surface area contributed by atoms with E-state index in [4.69, 9.17) is 20.3 Å². The quantitative estimate of drug-likeness (QED) is 0.511. The number of nitrogens with zero attached hydrogens (tertiary/aromatic N) is 1. The molecule has 4 nitrogen and oxygen atoms in total. The van der Waals surface area contributed by atoms with Gasteiger partial charge in [0, 0.05) is 11.4 Å². The average Bonchev–Trinajstić information content (AvgIpc) is 2.66. The van der Waals surface area contributed by atoms with Gasteiger partial charge in [-0.15, -0.1) is 0 Å². The molecule has 0 radical (unpaired) electrons. The van der Waals surface area contributed by atoms with E-state index in [0.717, 1.165) is 11.0 Å². The predicted octanol–water partition coefficient (Wildman–Crippen LogP) is 3.09. The molecule has 1 aromatic rings. The van der Waals surface area contributed by atoms with Gasteiger partial charge in [0.05, 0.1) is 22.8 Å². The number of hydrogen-bond donors (Lipinski definition) is 2. The summed E-state index contributed by atoms with van der Waals surface area (Å²) in [7, 11) is -0.465. The van der Waals surface area contributed by atoms with Gasteiger partial charge in [0.25, 0.3) is 0 Å². The van der Waals surface area contributed by atoms with Gasteiger partial charge in [-0.2, -0.15) is 17.9 Å². The second-order valence-electron chi connectivity index (χ2n) is 6.42. The van der Waals surface area contributed by atoms with Gasteiger partial charge in [0.1, 0.15) is 0 Å². The number of hydrogen-bond acceptors (Lipinski definition) is 5. The van der Waals surface area contributed by atoms with Crippen molar-refractivity contribution in [3.05, 3.63) is 34.8 Å². The molecule has 22 heavy (non-hydrogen) atoms. The zero-order valence-electron chi connectivity index (χ0n) is 13.4. The van der Waals surface area contributed by atoms with E-state index in [-0.39, 0.29) is 0 Å². The lowest BCUT2D eigenvalue weighted by Gasteiger charge is -2.32. The average molecular weight is 316 g/mol. The first-order valence-electron chi connectivity index (χ1n) is 7.17. The minimum atomic E-state index is -0.465. The lowest BCUT2D eigenvalue weighted by atomic mass is 9.78. The molecule has 1 aliphatic heterocycles. The minimum Gasteiger partial charge on any atom is -0.400 e. The van der Waals surface area contributed by atoms with Gasteiger partial charge in [-0.05, 0) is 56.9 Å². The van der Waals surface area contributed by atoms with E-state index in [9.17, 15) is 0 Å². The third-order valence-electron chi connectivity index (χ3n) is 4.30. The van der Waals surface area contributed by atoms with E-state index in [1.165, 1.54) is 0 Å². The molecule has 0 spiro atoms. The summed E-state index contributed by atoms with van der Waals surface area (Å²) in [4.78, 5) is 0. The monoisotopic (exact) mass is 316 g/mol. The van der Waals surface area contributed by atoms with Gasteiger partial charge in [0.15, 0.2) is 0 Å². The van der Waals surface area contributed by atoms with Crippen LogP contribution in [0.3, 0.4) is 0 Å². The molecule has 116 valence electrons. The molecule has 6 heteroatoms. The van der Waals surface area contributed by atoms with E-state index in [0.29, 0.717) is 17.0 Å². The number of nitriles is 1. The summed E-state index contributed by atoms with van der Waals surface area (Å²) >= 11 is 4.38. The van der Waals surface area contributed by atoms with E-state index >= 15 is 0 Å². The Balaban J connectivity index is 2.36. The molecule has 0 unspecified atom stereocenters. The maximum Gasteiger partial charge on any atom is 0.491 e. The van der Waals surface area contributed by atoms with Gasteiger partial charge in [-0.1, -0.05) is 6.08 Å². The summed E-state index contributed by atoms with van der Waals surface area (Å²) in [6.45, 7) is 8.03. The van der Waals surface area contributed by atoms with Crippen molar-refractivity contribution in [2.24, 2.45) is 0 Å². The smallest absolute Gasteiger partial charge is 0.400 e. The van der Waals surface area contributed by atoms with E-state index in [1.807, 2.05) is 33.8 Å². The molecule has 1 fully saturated rings. The van der Waals surface area contributed by atoms with Crippen molar-refractivity contribution in [2.45, 2.75) is 38.9 Å². The maximum atomic E-state index is 9.02. The number of thiol groups is 1. The Hall–Kier alpha value is -1.42. The van der Waals surface area contributed by atoms with Crippen LogP contribution >= 0.6 is 12.6 Å². The van der Waals surface area contributed by atoms with E-state index < -0.39 is 18.3 Å². The van der Waals surface area contributed by atoms with Crippen LogP contribution in [0, 0.1) is 11.3 Å². The maximum absolute atomic E-state index is 9.02. The molecule has 1 aromatic carbocycles. The van der Waals surface area contributed by atoms with Crippen molar-refractivity contribution in [1.29, 1.82) is 5.26 Å². The summed E-state index contributed by atoms with van der Waals surface area (Å²) in [6, 6.07) is 7.29. The first-order valence-corrected chi connectivity index (χ1v) is 7.80. The summed E-state index contributed by atoms with van der Waals surface area (Å²) in [6.07, 6.45) is 1.89. The fourth-order valence-electron chi connectivity index (χ4n) is 2.15. The number of nitrogen functional groups attached to an aromatic ring is 1. The normalized spacial score (nSPS) is 20.0. The van der Waals surface area contributed by atoms with Crippen molar-refractivity contribution in [1.82, 2.24) is 0 Å². The Morgan fingerprint density at radius 2 is 1.91 bits per heavy atom. The minimum absolute atomic E-state index is 0.403. The Morgan fingerprint density at radius 1 is 1.32 bits per heavy atom. The van der Waals surface area contributed by atoms with Gasteiger partial charge in [-0.25, -0.2) is 0 Å². The van der Waals surface area contributed by atoms with Crippen LogP contribution in [-0.4, -0.2) is 24.1 Å². The highest BCUT2D eigenvalue weighted by molar-refractivity contribution is 7.80. The molecule has 1 aliphatic rings. The molecular weight excluding hydrogens is 295 g/mol. The number of anilines is 1. The van der Waals surface area contributed by atoms with Crippen molar-refractivity contribution < 1.29 is 9.31 Å². The standard InChI is InChI=1S/C16H21BN2O2S/c1-15(2)16(3,4)21-17(20-15)13(10-22)8-12-7-11(9-18)5-6-14(12)19/h5-8,22H,10,19H2,1-4H3. The second kappa shape index (κ2) is 6.00. The zero-order chi connectivity index (χ0) is 16.5. The summed E-state index contributed by atoms with van der Waals surface area (Å²) in [5.41, 5.74) is 8.01. The van der Waals surface area contributed by atoms with Crippen LogP contribution in [-0.2, 0) is 9.31 Å². The molecule has 1 saturated heterocycles. The largest absolute Gasteiger partial charge is 0.491 e. The van der Waals surface area contributed by atoms with Crippen LogP contribution in [0.4, 0.5) is 5.69 Å². The van der Waals surface area contributed by atoms with Crippen LogP contribution in [0.5, 0.6) is 0 Å². The third kappa shape index (κ3) is 3.17. The molecule has 0 saturated carbocycles. The molecule has 0 atom stereocenters. The van der Waals surface area contributed by atoms with E-state index in [1.54, 1.807) is 18.2 Å². The molecule has 0 bridgehead atoms. The fourth-order valence-corrected chi connectivity index (χ4v) is 2.39. The molecule has 2 rings (SSSR count). The van der Waals surface area contributed by atoms with E-state index in [2.05, 4.69) is 18.7 Å². The number of benzene rings is 1. The summed E-state index contributed by atoms with van der Waals surface area (Å²) < 4.78 is 12.1. The predicted molar refractivity (Wildman–Crippen MR) is 93.5 cm³/mol. The Labute approximate surface area is 137 Å². The van der Waals surface area contributed by atoms with Crippen molar-refractivity contribution in [3.8, 4) is 6.07 Å². The Morgan fingerprint density at radius 3 is 2.41 bits per heavy atom. The van der Waals surface area contributed by atoms with Crippen LogP contribution in [0.25, 0.3) is 6.08 Å². The highest BCUT2D eigenvalue weighted by Crippen LogP contribution is 2.39. The highest BCUT2D eigenvalue weighted by atomic mass is 32.1. The van der Waals surface area contributed by atoms with Crippen molar-refractivity contribution in [2.75, 3.05) is 11.5 Å². The van der Waals surface area contributed by atoms with Crippen LogP contribution in [0.1, 0.15) is 38.8 Å². The topological polar surface area (TPSA) is 68.3 Å². The van der Waals surface area contributed by atoms with Gasteiger partial charge < -0.3 is 15.0 Å². The van der Waals surface area contributed by atoms with Crippen LogP contribution in [0.15, 0.2) is 23.7 Å². The molecule has 0 aliphatic carbocycles. The zero-order valence-corrected chi connectivity index (χ0v) is 14.3. The van der Waals surface area contributed by atoms with Gasteiger partial charge in [-0.3, -0.25) is 0 Å². The SMILES string of the molecule is CC1(C)OB(C(=Cc2cc(C#N)ccc2N)CS)OC1(C)C.